The number of rotatable bonds is 4. The lowest BCUT2D eigenvalue weighted by Gasteiger charge is -2.20. The van der Waals surface area contributed by atoms with Crippen molar-refractivity contribution in [2.75, 3.05) is 18.0 Å². The number of nitrogens with zero attached hydrogens (tertiary/aromatic N) is 3. The molecule has 0 saturated carbocycles. The first-order valence-corrected chi connectivity index (χ1v) is 8.17. The van der Waals surface area contributed by atoms with Crippen molar-refractivity contribution in [2.24, 2.45) is 0 Å². The van der Waals surface area contributed by atoms with Gasteiger partial charge in [0.15, 0.2) is 0 Å². The van der Waals surface area contributed by atoms with E-state index in [1.807, 2.05) is 45.0 Å². The summed E-state index contributed by atoms with van der Waals surface area (Å²) in [6.45, 7) is 7.67. The van der Waals surface area contributed by atoms with Crippen molar-refractivity contribution in [3.05, 3.63) is 47.8 Å². The van der Waals surface area contributed by atoms with E-state index in [4.69, 9.17) is 0 Å². The zero-order valence-corrected chi connectivity index (χ0v) is 14.0. The molecule has 23 heavy (non-hydrogen) atoms. The van der Waals surface area contributed by atoms with Gasteiger partial charge in [-0.25, -0.2) is 0 Å². The number of para-hydroxylation sites is 1. The predicted molar refractivity (Wildman–Crippen MR) is 91.6 cm³/mol. The third kappa shape index (κ3) is 3.38. The minimum absolute atomic E-state index is 0.0381. The maximum absolute atomic E-state index is 12.5. The van der Waals surface area contributed by atoms with E-state index in [-0.39, 0.29) is 18.0 Å². The second-order valence-corrected chi connectivity index (χ2v) is 6.32. The highest BCUT2D eigenvalue weighted by Crippen LogP contribution is 2.20. The third-order valence-corrected chi connectivity index (χ3v) is 4.45. The standard InChI is InChI=1S/C18H24N4O/c1-13-11-14(2)22(20-13)15(3)18(23)19-16-9-10-21(12-16)17-7-5-4-6-8-17/h4-8,11,15-16H,9-10,12H2,1-3H3,(H,19,23). The molecule has 1 saturated heterocycles. The van der Waals surface area contributed by atoms with Gasteiger partial charge in [0.25, 0.3) is 0 Å². The monoisotopic (exact) mass is 312 g/mol. The Morgan fingerprint density at radius 3 is 2.70 bits per heavy atom. The Kier molecular flexibility index (Phi) is 4.37. The number of amides is 1. The van der Waals surface area contributed by atoms with Crippen LogP contribution in [0.1, 0.15) is 30.8 Å². The summed E-state index contributed by atoms with van der Waals surface area (Å²) in [5, 5.41) is 7.59. The van der Waals surface area contributed by atoms with Gasteiger partial charge in [0, 0.05) is 30.5 Å². The SMILES string of the molecule is Cc1cc(C)n(C(C)C(=O)NC2CCN(c3ccccc3)C2)n1. The molecule has 3 rings (SSSR count). The Hall–Kier alpha value is -2.30. The average Bonchev–Trinajstić information content (AvgIpc) is 3.13. The number of anilines is 1. The summed E-state index contributed by atoms with van der Waals surface area (Å²) in [4.78, 5) is 14.8. The second kappa shape index (κ2) is 6.44. The molecular weight excluding hydrogens is 288 g/mol. The van der Waals surface area contributed by atoms with Gasteiger partial charge in [-0.2, -0.15) is 5.10 Å². The average molecular weight is 312 g/mol. The molecule has 1 aliphatic heterocycles. The van der Waals surface area contributed by atoms with Crippen LogP contribution in [0.2, 0.25) is 0 Å². The molecule has 5 nitrogen and oxygen atoms in total. The van der Waals surface area contributed by atoms with E-state index in [1.54, 1.807) is 4.68 Å². The molecule has 0 aliphatic carbocycles. The molecule has 5 heteroatoms. The summed E-state index contributed by atoms with van der Waals surface area (Å²) in [5.74, 6) is 0.0381. The molecule has 2 heterocycles. The van der Waals surface area contributed by atoms with Crippen LogP contribution >= 0.6 is 0 Å². The second-order valence-electron chi connectivity index (χ2n) is 6.32. The van der Waals surface area contributed by atoms with E-state index in [1.165, 1.54) is 5.69 Å². The topological polar surface area (TPSA) is 50.2 Å². The van der Waals surface area contributed by atoms with Crippen molar-refractivity contribution in [2.45, 2.75) is 39.3 Å². The number of benzene rings is 1. The summed E-state index contributed by atoms with van der Waals surface area (Å²) in [7, 11) is 0. The fourth-order valence-corrected chi connectivity index (χ4v) is 3.22. The molecule has 0 radical (unpaired) electrons. The minimum atomic E-state index is -0.283. The van der Waals surface area contributed by atoms with Crippen LogP contribution in [-0.2, 0) is 4.79 Å². The summed E-state index contributed by atoms with van der Waals surface area (Å²) < 4.78 is 1.80. The number of aromatic nitrogens is 2. The molecule has 2 unspecified atom stereocenters. The highest BCUT2D eigenvalue weighted by atomic mass is 16.2. The zero-order chi connectivity index (χ0) is 16.4. The third-order valence-electron chi connectivity index (χ3n) is 4.45. The molecule has 1 aliphatic rings. The van der Waals surface area contributed by atoms with Crippen LogP contribution in [0.3, 0.4) is 0 Å². The lowest BCUT2D eigenvalue weighted by molar-refractivity contribution is -0.124. The smallest absolute Gasteiger partial charge is 0.244 e. The van der Waals surface area contributed by atoms with Crippen LogP contribution in [0.4, 0.5) is 5.69 Å². The molecule has 1 fully saturated rings. The van der Waals surface area contributed by atoms with Crippen molar-refractivity contribution in [3.8, 4) is 0 Å². The van der Waals surface area contributed by atoms with Crippen LogP contribution in [0.5, 0.6) is 0 Å². The van der Waals surface area contributed by atoms with Crippen LogP contribution in [0.25, 0.3) is 0 Å². The van der Waals surface area contributed by atoms with E-state index >= 15 is 0 Å². The molecule has 0 bridgehead atoms. The molecule has 122 valence electrons. The fraction of sp³-hybridized carbons (Fsp3) is 0.444. The van der Waals surface area contributed by atoms with Gasteiger partial charge in [-0.05, 0) is 45.4 Å². The maximum atomic E-state index is 12.5. The highest BCUT2D eigenvalue weighted by Gasteiger charge is 2.26. The Balaban J connectivity index is 1.60. The zero-order valence-electron chi connectivity index (χ0n) is 14.0. The molecule has 2 aromatic rings. The van der Waals surface area contributed by atoms with E-state index in [2.05, 4.69) is 27.4 Å². The van der Waals surface area contributed by atoms with Gasteiger partial charge in [0.2, 0.25) is 5.91 Å². The summed E-state index contributed by atoms with van der Waals surface area (Å²) in [6, 6.07) is 12.3. The Labute approximate surface area is 137 Å². The van der Waals surface area contributed by atoms with Crippen molar-refractivity contribution in [1.29, 1.82) is 0 Å². The quantitative estimate of drug-likeness (QED) is 0.943. The molecule has 0 spiro atoms. The largest absolute Gasteiger partial charge is 0.369 e. The lowest BCUT2D eigenvalue weighted by atomic mass is 10.2. The van der Waals surface area contributed by atoms with Crippen LogP contribution in [0.15, 0.2) is 36.4 Å². The van der Waals surface area contributed by atoms with Gasteiger partial charge in [0.05, 0.1) is 5.69 Å². The normalized spacial score (nSPS) is 18.9. The Morgan fingerprint density at radius 1 is 1.30 bits per heavy atom. The molecule has 1 N–H and O–H groups in total. The first-order chi connectivity index (χ1) is 11.0. The number of nitrogens with one attached hydrogen (secondary N) is 1. The molecule has 1 aromatic heterocycles. The number of hydrogen-bond acceptors (Lipinski definition) is 3. The maximum Gasteiger partial charge on any atom is 0.244 e. The Morgan fingerprint density at radius 2 is 2.04 bits per heavy atom. The number of hydrogen-bond donors (Lipinski definition) is 1. The molecule has 1 amide bonds. The van der Waals surface area contributed by atoms with Crippen molar-refractivity contribution in [3.63, 3.8) is 0 Å². The minimum Gasteiger partial charge on any atom is -0.369 e. The van der Waals surface area contributed by atoms with Gasteiger partial charge < -0.3 is 10.2 Å². The summed E-state index contributed by atoms with van der Waals surface area (Å²) in [6.07, 6.45) is 0.977. The van der Waals surface area contributed by atoms with E-state index in [0.717, 1.165) is 30.9 Å². The first-order valence-electron chi connectivity index (χ1n) is 8.17. The summed E-state index contributed by atoms with van der Waals surface area (Å²) >= 11 is 0. The van der Waals surface area contributed by atoms with Gasteiger partial charge >= 0.3 is 0 Å². The van der Waals surface area contributed by atoms with Gasteiger partial charge in [-0.3, -0.25) is 9.48 Å². The number of carbonyl (C=O) groups is 1. The molecular formula is C18H24N4O. The van der Waals surface area contributed by atoms with Crippen molar-refractivity contribution in [1.82, 2.24) is 15.1 Å². The van der Waals surface area contributed by atoms with Gasteiger partial charge in [-0.15, -0.1) is 0 Å². The van der Waals surface area contributed by atoms with Crippen molar-refractivity contribution >= 4 is 11.6 Å². The number of aryl methyl sites for hydroxylation is 2. The van der Waals surface area contributed by atoms with Gasteiger partial charge in [0.1, 0.15) is 6.04 Å². The van der Waals surface area contributed by atoms with E-state index in [0.29, 0.717) is 0 Å². The Bertz CT molecular complexity index is 680. The van der Waals surface area contributed by atoms with Gasteiger partial charge in [-0.1, -0.05) is 18.2 Å². The van der Waals surface area contributed by atoms with E-state index in [9.17, 15) is 4.79 Å². The van der Waals surface area contributed by atoms with Crippen molar-refractivity contribution < 1.29 is 4.79 Å². The fourth-order valence-electron chi connectivity index (χ4n) is 3.22. The highest BCUT2D eigenvalue weighted by molar-refractivity contribution is 5.80. The lowest BCUT2D eigenvalue weighted by Crippen LogP contribution is -2.41. The molecule has 2 atom stereocenters. The first kappa shape index (κ1) is 15.6. The van der Waals surface area contributed by atoms with Crippen LogP contribution < -0.4 is 10.2 Å². The molecule has 1 aromatic carbocycles. The van der Waals surface area contributed by atoms with Crippen LogP contribution in [-0.4, -0.2) is 34.8 Å². The van der Waals surface area contributed by atoms with E-state index < -0.39 is 0 Å². The summed E-state index contributed by atoms with van der Waals surface area (Å²) in [5.41, 5.74) is 3.18. The predicted octanol–water partition coefficient (Wildman–Crippen LogP) is 2.46. The van der Waals surface area contributed by atoms with Crippen LogP contribution in [0, 0.1) is 13.8 Å². The number of carbonyl (C=O) groups excluding carboxylic acids is 1.